The highest BCUT2D eigenvalue weighted by molar-refractivity contribution is 7.18. The molecule has 2 heterocycles. The Labute approximate surface area is 251 Å². The van der Waals surface area contributed by atoms with Gasteiger partial charge in [-0.2, -0.15) is 0 Å². The van der Waals surface area contributed by atoms with Gasteiger partial charge in [0.1, 0.15) is 6.04 Å². The maximum Gasteiger partial charge on any atom is 0.245 e. The van der Waals surface area contributed by atoms with Gasteiger partial charge < -0.3 is 21.1 Å². The van der Waals surface area contributed by atoms with Crippen molar-refractivity contribution in [3.8, 4) is 0 Å². The van der Waals surface area contributed by atoms with Crippen LogP contribution in [0.2, 0.25) is 0 Å². The lowest BCUT2D eigenvalue weighted by Crippen LogP contribution is -2.51. The highest BCUT2D eigenvalue weighted by Gasteiger charge is 2.25. The highest BCUT2D eigenvalue weighted by Crippen LogP contribution is 2.25. The summed E-state index contributed by atoms with van der Waals surface area (Å²) < 4.78 is 6.49. The second kappa shape index (κ2) is 15.6. The highest BCUT2D eigenvalue weighted by atomic mass is 32.1. The van der Waals surface area contributed by atoms with Gasteiger partial charge in [-0.25, -0.2) is 4.98 Å². The van der Waals surface area contributed by atoms with Gasteiger partial charge in [-0.1, -0.05) is 56.3 Å². The Morgan fingerprint density at radius 3 is 2.50 bits per heavy atom. The van der Waals surface area contributed by atoms with Gasteiger partial charge in [-0.3, -0.25) is 19.3 Å². The number of primary amides is 1. The summed E-state index contributed by atoms with van der Waals surface area (Å²) in [5, 5.41) is 6.84. The molecular formula is C32H41N5O4S. The van der Waals surface area contributed by atoms with E-state index >= 15 is 0 Å². The van der Waals surface area contributed by atoms with E-state index in [-0.39, 0.29) is 30.7 Å². The van der Waals surface area contributed by atoms with Crippen LogP contribution in [0.15, 0.2) is 60.2 Å². The van der Waals surface area contributed by atoms with Gasteiger partial charge in [0.15, 0.2) is 0 Å². The molecule has 4 N–H and O–H groups in total. The molecule has 3 aromatic rings. The van der Waals surface area contributed by atoms with Crippen LogP contribution in [0.1, 0.15) is 42.8 Å². The van der Waals surface area contributed by atoms with E-state index in [1.165, 1.54) is 5.56 Å². The molecule has 9 nitrogen and oxygen atoms in total. The maximum atomic E-state index is 13.7. The molecule has 0 radical (unpaired) electrons. The number of aryl methyl sites for hydroxylation is 1. The Morgan fingerprint density at radius 2 is 1.81 bits per heavy atom. The Kier molecular flexibility index (Phi) is 11.6. The van der Waals surface area contributed by atoms with E-state index in [2.05, 4.69) is 34.6 Å². The number of nitrogens with one attached hydrogen (secondary N) is 2. The van der Waals surface area contributed by atoms with Crippen LogP contribution < -0.4 is 16.4 Å². The van der Waals surface area contributed by atoms with Crippen molar-refractivity contribution < 1.29 is 19.1 Å². The Morgan fingerprint density at radius 1 is 1.05 bits per heavy atom. The Hall–Kier alpha value is -3.60. The molecule has 0 aliphatic carbocycles. The zero-order chi connectivity index (χ0) is 29.9. The topological polar surface area (TPSA) is 127 Å². The molecule has 0 unspecified atom stereocenters. The number of benzene rings is 2. The summed E-state index contributed by atoms with van der Waals surface area (Å²) in [7, 11) is 0. The van der Waals surface area contributed by atoms with Crippen molar-refractivity contribution >= 4 is 39.3 Å². The number of nitrogens with two attached hydrogens (primary N) is 1. The molecule has 2 aromatic carbocycles. The third-order valence-corrected chi connectivity index (χ3v) is 8.43. The van der Waals surface area contributed by atoms with Crippen molar-refractivity contribution in [3.05, 3.63) is 76.3 Å². The largest absolute Gasteiger partial charge is 0.379 e. The molecule has 224 valence electrons. The molecule has 10 heteroatoms. The first-order valence-electron chi connectivity index (χ1n) is 14.7. The van der Waals surface area contributed by atoms with Crippen molar-refractivity contribution in [1.29, 1.82) is 0 Å². The van der Waals surface area contributed by atoms with Gasteiger partial charge in [-0.15, -0.1) is 11.3 Å². The molecule has 0 spiro atoms. The standard InChI is InChI=1S/C32H41N5O4S/c1-3-22-10-13-26-28(19-22)42-30(36-26)20-27(35-29(38)4-2)32(40)34-25(18-23-8-6-5-7-9-23)12-11-24(31(33)39)21-37-14-16-41-17-15-37/h5-11,13,19,25,27H,3-4,12,14-18,20-21H2,1-2H3,(H2,33,39)(H,34,40)(H,35,38)/t25-,27-/m0/s1. The van der Waals surface area contributed by atoms with Gasteiger partial charge in [0, 0.05) is 44.1 Å². The van der Waals surface area contributed by atoms with E-state index in [4.69, 9.17) is 15.5 Å². The summed E-state index contributed by atoms with van der Waals surface area (Å²) in [6, 6.07) is 15.0. The molecule has 1 aliphatic rings. The predicted octanol–water partition coefficient (Wildman–Crippen LogP) is 3.16. The summed E-state index contributed by atoms with van der Waals surface area (Å²) in [6.07, 6.45) is 4.30. The van der Waals surface area contributed by atoms with Gasteiger partial charge in [0.2, 0.25) is 17.7 Å². The van der Waals surface area contributed by atoms with Gasteiger partial charge in [0.05, 0.1) is 28.4 Å². The average molecular weight is 592 g/mol. The molecular weight excluding hydrogens is 550 g/mol. The van der Waals surface area contributed by atoms with E-state index in [1.807, 2.05) is 42.5 Å². The molecule has 42 heavy (non-hydrogen) atoms. The summed E-state index contributed by atoms with van der Waals surface area (Å²) in [6.45, 7) is 7.03. The van der Waals surface area contributed by atoms with Crippen molar-refractivity contribution in [2.45, 2.75) is 58.0 Å². The third kappa shape index (κ3) is 9.20. The normalized spacial score (nSPS) is 15.7. The average Bonchev–Trinajstić information content (AvgIpc) is 3.41. The SMILES string of the molecule is CCC(=O)N[C@@H](Cc1nc2ccc(CC)cc2s1)C(=O)N[C@@H](CC=C(CN1CCOCC1)C(N)=O)Cc1ccccc1. The fraction of sp³-hybridized carbons (Fsp3) is 0.438. The number of aromatic nitrogens is 1. The fourth-order valence-corrected chi connectivity index (χ4v) is 6.00. The number of carbonyl (C=O) groups is 3. The second-order valence-electron chi connectivity index (χ2n) is 10.6. The zero-order valence-corrected chi connectivity index (χ0v) is 25.3. The molecule has 0 bridgehead atoms. The van der Waals surface area contributed by atoms with Crippen molar-refractivity contribution in [3.63, 3.8) is 0 Å². The van der Waals surface area contributed by atoms with Crippen LogP contribution in [-0.4, -0.2) is 72.5 Å². The first-order chi connectivity index (χ1) is 20.3. The Balaban J connectivity index is 1.53. The van der Waals surface area contributed by atoms with Crippen LogP contribution in [0.25, 0.3) is 10.2 Å². The second-order valence-corrected chi connectivity index (χ2v) is 11.7. The van der Waals surface area contributed by atoms with E-state index in [0.717, 1.165) is 40.3 Å². The lowest BCUT2D eigenvalue weighted by molar-refractivity contribution is -0.129. The number of fused-ring (bicyclic) bond motifs is 1. The predicted molar refractivity (Wildman–Crippen MR) is 166 cm³/mol. The minimum atomic E-state index is -0.783. The van der Waals surface area contributed by atoms with Crippen LogP contribution in [-0.2, 0) is 38.4 Å². The van der Waals surface area contributed by atoms with Crippen LogP contribution in [0.3, 0.4) is 0 Å². The van der Waals surface area contributed by atoms with E-state index in [9.17, 15) is 14.4 Å². The molecule has 2 atom stereocenters. The maximum absolute atomic E-state index is 13.7. The van der Waals surface area contributed by atoms with Crippen molar-refractivity contribution in [2.24, 2.45) is 5.73 Å². The quantitative estimate of drug-likeness (QED) is 0.247. The summed E-state index contributed by atoms with van der Waals surface area (Å²) in [5.41, 5.74) is 9.43. The number of hydrogen-bond donors (Lipinski definition) is 3. The minimum absolute atomic E-state index is 0.203. The number of thiazole rings is 1. The molecule has 1 fully saturated rings. The first kappa shape index (κ1) is 31.3. The first-order valence-corrected chi connectivity index (χ1v) is 15.5. The lowest BCUT2D eigenvalue weighted by atomic mass is 10.0. The third-order valence-electron chi connectivity index (χ3n) is 7.39. The van der Waals surface area contributed by atoms with Crippen LogP contribution in [0.5, 0.6) is 0 Å². The molecule has 1 aromatic heterocycles. The lowest BCUT2D eigenvalue weighted by Gasteiger charge is -2.27. The molecule has 0 saturated carbocycles. The summed E-state index contributed by atoms with van der Waals surface area (Å²) in [5.74, 6) is -0.958. The van der Waals surface area contributed by atoms with Crippen LogP contribution in [0.4, 0.5) is 0 Å². The van der Waals surface area contributed by atoms with E-state index < -0.39 is 11.9 Å². The Bertz CT molecular complexity index is 1380. The molecule has 1 aliphatic heterocycles. The smallest absolute Gasteiger partial charge is 0.245 e. The molecule has 4 rings (SSSR count). The zero-order valence-electron chi connectivity index (χ0n) is 24.4. The number of hydrogen-bond acceptors (Lipinski definition) is 7. The van der Waals surface area contributed by atoms with Crippen LogP contribution in [0, 0.1) is 0 Å². The number of rotatable bonds is 14. The van der Waals surface area contributed by atoms with E-state index in [1.54, 1.807) is 18.3 Å². The van der Waals surface area contributed by atoms with Gasteiger partial charge >= 0.3 is 0 Å². The molecule has 1 saturated heterocycles. The summed E-state index contributed by atoms with van der Waals surface area (Å²) in [4.78, 5) is 45.4. The number of nitrogens with zero attached hydrogens (tertiary/aromatic N) is 2. The van der Waals surface area contributed by atoms with Crippen LogP contribution >= 0.6 is 11.3 Å². The number of morpholine rings is 1. The summed E-state index contributed by atoms with van der Waals surface area (Å²) >= 11 is 1.55. The molecule has 3 amide bonds. The van der Waals surface area contributed by atoms with E-state index in [0.29, 0.717) is 38.2 Å². The minimum Gasteiger partial charge on any atom is -0.379 e. The number of amides is 3. The van der Waals surface area contributed by atoms with Gasteiger partial charge in [-0.05, 0) is 42.5 Å². The number of ether oxygens (including phenoxy) is 1. The van der Waals surface area contributed by atoms with Gasteiger partial charge in [0.25, 0.3) is 0 Å². The fourth-order valence-electron chi connectivity index (χ4n) is 4.93. The monoisotopic (exact) mass is 591 g/mol. The number of carbonyl (C=O) groups excluding carboxylic acids is 3. The van der Waals surface area contributed by atoms with Crippen molar-refractivity contribution in [1.82, 2.24) is 20.5 Å². The van der Waals surface area contributed by atoms with Crippen molar-refractivity contribution in [2.75, 3.05) is 32.8 Å².